The van der Waals surface area contributed by atoms with Crippen molar-refractivity contribution >= 4 is 68.7 Å². The molecule has 3 aromatic carbocycles. The van der Waals surface area contributed by atoms with Crippen molar-refractivity contribution in [2.75, 3.05) is 23.9 Å². The Balaban J connectivity index is 1.57. The van der Waals surface area contributed by atoms with Gasteiger partial charge in [-0.05, 0) is 83.4 Å². The fourth-order valence-electron chi connectivity index (χ4n) is 3.80. The largest absolute Gasteiger partial charge is 0.493 e. The second-order valence-electron chi connectivity index (χ2n) is 8.63. The normalized spacial score (nSPS) is 14.3. The van der Waals surface area contributed by atoms with Crippen LogP contribution in [-0.2, 0) is 14.4 Å². The summed E-state index contributed by atoms with van der Waals surface area (Å²) in [6.07, 6.45) is 1.33. The highest BCUT2D eigenvalue weighted by atomic mass is 79.9. The molecule has 39 heavy (non-hydrogen) atoms. The van der Waals surface area contributed by atoms with Gasteiger partial charge < -0.3 is 14.8 Å². The molecule has 0 saturated carbocycles. The highest BCUT2D eigenvalue weighted by Crippen LogP contribution is 2.38. The molecule has 0 aromatic heterocycles. The summed E-state index contributed by atoms with van der Waals surface area (Å²) >= 11 is 9.48. The molecule has 1 aliphatic rings. The van der Waals surface area contributed by atoms with E-state index < -0.39 is 17.8 Å². The maximum Gasteiger partial charge on any atom is 0.335 e. The minimum absolute atomic E-state index is 0.252. The minimum atomic E-state index is -0.876. The van der Waals surface area contributed by atoms with Gasteiger partial charge in [-0.25, -0.2) is 9.69 Å². The summed E-state index contributed by atoms with van der Waals surface area (Å²) in [6, 6.07) is 14.4. The molecule has 9 nitrogen and oxygen atoms in total. The Morgan fingerprint density at radius 1 is 1.08 bits per heavy atom. The summed E-state index contributed by atoms with van der Waals surface area (Å²) < 4.78 is 11.5. The predicted molar refractivity (Wildman–Crippen MR) is 151 cm³/mol. The fourth-order valence-corrected chi connectivity index (χ4v) is 4.54. The number of carbonyl (C=O) groups is 4. The van der Waals surface area contributed by atoms with E-state index in [1.807, 2.05) is 19.1 Å². The lowest BCUT2D eigenvalue weighted by atomic mass is 10.1. The number of imide groups is 2. The molecule has 1 saturated heterocycles. The zero-order valence-corrected chi connectivity index (χ0v) is 23.5. The number of barbiturate groups is 1. The van der Waals surface area contributed by atoms with Crippen molar-refractivity contribution in [2.24, 2.45) is 0 Å². The van der Waals surface area contributed by atoms with Gasteiger partial charge in [-0.2, -0.15) is 0 Å². The zero-order valence-electron chi connectivity index (χ0n) is 21.1. The Bertz CT molecular complexity index is 1520. The number of hydrogen-bond donors (Lipinski definition) is 2. The lowest BCUT2D eigenvalue weighted by Gasteiger charge is -2.27. The standard InChI is InChI=1S/C28H23BrClN3O6/c1-15-4-8-19(9-5-15)31-24(34)14-39-25-21(29)11-17(12-23(25)38-3)10-20-26(35)32-28(37)33(27(20)36)22-13-18(30)7-6-16(22)2/h4-13H,14H2,1-3H3,(H,31,34)(H,32,35,37)/b20-10+. The number of hydrogen-bond acceptors (Lipinski definition) is 6. The van der Waals surface area contributed by atoms with Crippen LogP contribution in [0.3, 0.4) is 0 Å². The van der Waals surface area contributed by atoms with E-state index in [1.54, 1.807) is 37.3 Å². The molecule has 200 valence electrons. The lowest BCUT2D eigenvalue weighted by molar-refractivity contribution is -0.122. The average molecular weight is 613 g/mol. The summed E-state index contributed by atoms with van der Waals surface area (Å²) in [5.41, 5.74) is 2.72. The highest BCUT2D eigenvalue weighted by Gasteiger charge is 2.37. The maximum atomic E-state index is 13.3. The summed E-state index contributed by atoms with van der Waals surface area (Å²) in [5, 5.41) is 5.27. The number of carbonyl (C=O) groups excluding carboxylic acids is 4. The molecule has 11 heteroatoms. The van der Waals surface area contributed by atoms with Crippen LogP contribution in [-0.4, -0.2) is 37.5 Å². The van der Waals surface area contributed by atoms with Crippen molar-refractivity contribution in [1.29, 1.82) is 0 Å². The molecule has 1 fully saturated rings. The SMILES string of the molecule is COc1cc(/C=C2\C(=O)NC(=O)N(c3cc(Cl)ccc3C)C2=O)cc(Br)c1OCC(=O)Nc1ccc(C)cc1. The molecule has 0 bridgehead atoms. The van der Waals surface area contributed by atoms with Crippen molar-refractivity contribution in [3.63, 3.8) is 0 Å². The van der Waals surface area contributed by atoms with E-state index in [-0.39, 0.29) is 35.3 Å². The number of ether oxygens (including phenoxy) is 2. The molecular weight excluding hydrogens is 590 g/mol. The Kier molecular flexibility index (Phi) is 8.37. The molecule has 0 unspecified atom stereocenters. The number of halogens is 2. The van der Waals surface area contributed by atoms with Crippen molar-refractivity contribution < 1.29 is 28.7 Å². The number of nitrogens with zero attached hydrogens (tertiary/aromatic N) is 1. The third-order valence-corrected chi connectivity index (χ3v) is 6.58. The second kappa shape index (κ2) is 11.7. The third kappa shape index (κ3) is 6.30. The van der Waals surface area contributed by atoms with E-state index >= 15 is 0 Å². The van der Waals surface area contributed by atoms with E-state index in [1.165, 1.54) is 25.3 Å². The number of benzene rings is 3. The predicted octanol–water partition coefficient (Wildman–Crippen LogP) is 5.41. The number of aryl methyl sites for hydroxylation is 2. The van der Waals surface area contributed by atoms with Gasteiger partial charge in [0.25, 0.3) is 17.7 Å². The van der Waals surface area contributed by atoms with Gasteiger partial charge in [0.05, 0.1) is 17.3 Å². The maximum absolute atomic E-state index is 13.3. The minimum Gasteiger partial charge on any atom is -0.493 e. The molecule has 0 radical (unpaired) electrons. The molecule has 0 aliphatic carbocycles. The van der Waals surface area contributed by atoms with Gasteiger partial charge in [0.1, 0.15) is 5.57 Å². The molecule has 4 rings (SSSR count). The first-order valence-electron chi connectivity index (χ1n) is 11.6. The number of anilines is 2. The van der Waals surface area contributed by atoms with Crippen LogP contribution in [0.2, 0.25) is 5.02 Å². The van der Waals surface area contributed by atoms with Gasteiger partial charge >= 0.3 is 6.03 Å². The van der Waals surface area contributed by atoms with E-state index in [2.05, 4.69) is 26.6 Å². The van der Waals surface area contributed by atoms with Crippen LogP contribution in [0, 0.1) is 13.8 Å². The van der Waals surface area contributed by atoms with Crippen molar-refractivity contribution in [2.45, 2.75) is 13.8 Å². The topological polar surface area (TPSA) is 114 Å². The van der Waals surface area contributed by atoms with Crippen LogP contribution in [0.1, 0.15) is 16.7 Å². The molecule has 1 heterocycles. The number of amides is 5. The lowest BCUT2D eigenvalue weighted by Crippen LogP contribution is -2.54. The molecule has 1 aliphatic heterocycles. The third-order valence-electron chi connectivity index (χ3n) is 5.76. The number of urea groups is 1. The quantitative estimate of drug-likeness (QED) is 0.272. The zero-order chi connectivity index (χ0) is 28.3. The summed E-state index contributed by atoms with van der Waals surface area (Å²) in [4.78, 5) is 51.7. The average Bonchev–Trinajstić information content (AvgIpc) is 2.88. The summed E-state index contributed by atoms with van der Waals surface area (Å²) in [5.74, 6) is -1.52. The summed E-state index contributed by atoms with van der Waals surface area (Å²) in [7, 11) is 1.42. The van der Waals surface area contributed by atoms with Gasteiger partial charge in [0.15, 0.2) is 18.1 Å². The molecule has 0 spiro atoms. The van der Waals surface area contributed by atoms with Crippen LogP contribution >= 0.6 is 27.5 Å². The van der Waals surface area contributed by atoms with Crippen LogP contribution in [0.4, 0.5) is 16.2 Å². The smallest absolute Gasteiger partial charge is 0.335 e. The molecule has 0 atom stereocenters. The van der Waals surface area contributed by atoms with Crippen molar-refractivity contribution in [3.05, 3.63) is 86.4 Å². The molecule has 3 aromatic rings. The number of methoxy groups -OCH3 is 1. The van der Waals surface area contributed by atoms with Crippen LogP contribution in [0.15, 0.2) is 64.6 Å². The van der Waals surface area contributed by atoms with E-state index in [0.717, 1.165) is 10.5 Å². The van der Waals surface area contributed by atoms with Crippen LogP contribution in [0.5, 0.6) is 11.5 Å². The van der Waals surface area contributed by atoms with Crippen LogP contribution in [0.25, 0.3) is 6.08 Å². The summed E-state index contributed by atoms with van der Waals surface area (Å²) in [6.45, 7) is 3.37. The Morgan fingerprint density at radius 2 is 1.79 bits per heavy atom. The monoisotopic (exact) mass is 611 g/mol. The first-order chi connectivity index (χ1) is 18.6. The highest BCUT2D eigenvalue weighted by molar-refractivity contribution is 9.10. The van der Waals surface area contributed by atoms with Gasteiger partial charge in [-0.15, -0.1) is 0 Å². The molecule has 5 amide bonds. The second-order valence-corrected chi connectivity index (χ2v) is 9.92. The van der Waals surface area contributed by atoms with Gasteiger partial charge in [0.2, 0.25) is 0 Å². The van der Waals surface area contributed by atoms with Crippen molar-refractivity contribution in [1.82, 2.24) is 5.32 Å². The van der Waals surface area contributed by atoms with Crippen molar-refractivity contribution in [3.8, 4) is 11.5 Å². The Morgan fingerprint density at radius 3 is 2.49 bits per heavy atom. The van der Waals surface area contributed by atoms with E-state index in [4.69, 9.17) is 21.1 Å². The Labute approximate surface area is 237 Å². The number of rotatable bonds is 7. The van der Waals surface area contributed by atoms with E-state index in [0.29, 0.717) is 26.3 Å². The molecule has 2 N–H and O–H groups in total. The molecular formula is C28H23BrClN3O6. The fraction of sp³-hybridized carbons (Fsp3) is 0.143. The first-order valence-corrected chi connectivity index (χ1v) is 12.8. The number of nitrogens with one attached hydrogen (secondary N) is 2. The van der Waals surface area contributed by atoms with Gasteiger partial charge in [0, 0.05) is 10.7 Å². The van der Waals surface area contributed by atoms with Gasteiger partial charge in [-0.3, -0.25) is 19.7 Å². The van der Waals surface area contributed by atoms with Gasteiger partial charge in [-0.1, -0.05) is 35.4 Å². The van der Waals surface area contributed by atoms with E-state index in [9.17, 15) is 19.2 Å². The Hall–Kier alpha value is -4.15. The first kappa shape index (κ1) is 27.9. The van der Waals surface area contributed by atoms with Crippen LogP contribution < -0.4 is 25.0 Å².